The second-order valence-electron chi connectivity index (χ2n) is 3.83. The van der Waals surface area contributed by atoms with Gasteiger partial charge in [0.05, 0.1) is 12.6 Å². The van der Waals surface area contributed by atoms with E-state index in [4.69, 9.17) is 10.00 Å². The first-order valence-electron chi connectivity index (χ1n) is 5.16. The van der Waals surface area contributed by atoms with Crippen LogP contribution in [0.1, 0.15) is 19.5 Å². The monoisotopic (exact) mass is 220 g/mol. The molecule has 0 aliphatic carbocycles. The van der Waals surface area contributed by atoms with Crippen LogP contribution < -0.4 is 5.32 Å². The second kappa shape index (κ2) is 6.03. The molecule has 0 spiro atoms. The van der Waals surface area contributed by atoms with Gasteiger partial charge in [-0.25, -0.2) is 9.97 Å². The maximum atomic E-state index is 8.72. The Balaban J connectivity index is 2.73. The van der Waals surface area contributed by atoms with Gasteiger partial charge in [0.1, 0.15) is 11.8 Å². The van der Waals surface area contributed by atoms with Gasteiger partial charge < -0.3 is 10.1 Å². The Kier molecular flexibility index (Phi) is 4.67. The van der Waals surface area contributed by atoms with E-state index in [0.29, 0.717) is 24.2 Å². The summed E-state index contributed by atoms with van der Waals surface area (Å²) in [5.41, 5.74) is 0.359. The SMILES string of the molecule is COCC(Nc1nccc(C#N)n1)C(C)C. The number of hydrogen-bond donors (Lipinski definition) is 1. The fourth-order valence-corrected chi connectivity index (χ4v) is 1.24. The molecule has 0 bridgehead atoms. The molecule has 1 aromatic heterocycles. The molecule has 5 nitrogen and oxygen atoms in total. The number of anilines is 1. The summed E-state index contributed by atoms with van der Waals surface area (Å²) in [7, 11) is 1.66. The first kappa shape index (κ1) is 12.4. The second-order valence-corrected chi connectivity index (χ2v) is 3.83. The van der Waals surface area contributed by atoms with E-state index < -0.39 is 0 Å². The molecule has 0 saturated carbocycles. The van der Waals surface area contributed by atoms with Crippen LogP contribution in [0.4, 0.5) is 5.95 Å². The van der Waals surface area contributed by atoms with Gasteiger partial charge in [-0.2, -0.15) is 5.26 Å². The van der Waals surface area contributed by atoms with E-state index >= 15 is 0 Å². The zero-order valence-electron chi connectivity index (χ0n) is 9.77. The van der Waals surface area contributed by atoms with Gasteiger partial charge in [-0.1, -0.05) is 13.8 Å². The molecule has 0 radical (unpaired) electrons. The maximum Gasteiger partial charge on any atom is 0.224 e. The van der Waals surface area contributed by atoms with Gasteiger partial charge in [-0.05, 0) is 12.0 Å². The van der Waals surface area contributed by atoms with Gasteiger partial charge >= 0.3 is 0 Å². The van der Waals surface area contributed by atoms with E-state index in [1.807, 2.05) is 6.07 Å². The molecule has 16 heavy (non-hydrogen) atoms. The Labute approximate surface area is 95.5 Å². The molecule has 0 saturated heterocycles. The number of aromatic nitrogens is 2. The molecule has 5 heteroatoms. The number of rotatable bonds is 5. The minimum absolute atomic E-state index is 0.138. The van der Waals surface area contributed by atoms with E-state index in [1.54, 1.807) is 19.4 Å². The third-order valence-corrected chi connectivity index (χ3v) is 2.24. The Morgan fingerprint density at radius 2 is 2.31 bits per heavy atom. The lowest BCUT2D eigenvalue weighted by Crippen LogP contribution is -2.31. The van der Waals surface area contributed by atoms with Crippen molar-refractivity contribution in [1.82, 2.24) is 9.97 Å². The van der Waals surface area contributed by atoms with Crippen LogP contribution >= 0.6 is 0 Å². The standard InChI is InChI=1S/C11H16N4O/c1-8(2)10(7-16-3)15-11-13-5-4-9(6-12)14-11/h4-5,8,10H,7H2,1-3H3,(H,13,14,15). The van der Waals surface area contributed by atoms with Crippen LogP contribution in [0.15, 0.2) is 12.3 Å². The summed E-state index contributed by atoms with van der Waals surface area (Å²) in [6, 6.07) is 3.69. The highest BCUT2D eigenvalue weighted by molar-refractivity contribution is 5.31. The van der Waals surface area contributed by atoms with E-state index in [0.717, 1.165) is 0 Å². The largest absolute Gasteiger partial charge is 0.383 e. The summed E-state index contributed by atoms with van der Waals surface area (Å²) >= 11 is 0. The molecule has 1 N–H and O–H groups in total. The van der Waals surface area contributed by atoms with Crippen molar-refractivity contribution in [3.05, 3.63) is 18.0 Å². The van der Waals surface area contributed by atoms with Gasteiger partial charge in [-0.15, -0.1) is 0 Å². The molecular formula is C11H16N4O. The van der Waals surface area contributed by atoms with Gasteiger partial charge in [-0.3, -0.25) is 0 Å². The van der Waals surface area contributed by atoms with Crippen LogP contribution in [0.3, 0.4) is 0 Å². The average Bonchev–Trinajstić information content (AvgIpc) is 2.28. The normalized spacial score (nSPS) is 12.2. The zero-order chi connectivity index (χ0) is 12.0. The number of nitrogens with one attached hydrogen (secondary N) is 1. The number of nitriles is 1. The van der Waals surface area contributed by atoms with Crippen LogP contribution in [0.5, 0.6) is 0 Å². The molecule has 0 amide bonds. The van der Waals surface area contributed by atoms with Crippen molar-refractivity contribution in [2.75, 3.05) is 19.0 Å². The highest BCUT2D eigenvalue weighted by atomic mass is 16.5. The van der Waals surface area contributed by atoms with Gasteiger partial charge in [0.15, 0.2) is 0 Å². The molecule has 0 fully saturated rings. The number of methoxy groups -OCH3 is 1. The summed E-state index contributed by atoms with van der Waals surface area (Å²) in [5.74, 6) is 0.865. The van der Waals surface area contributed by atoms with Crippen LogP contribution in [0.2, 0.25) is 0 Å². The topological polar surface area (TPSA) is 70.8 Å². The molecule has 0 aliphatic rings. The molecule has 1 unspecified atom stereocenters. The van der Waals surface area contributed by atoms with Crippen molar-refractivity contribution in [3.63, 3.8) is 0 Å². The molecule has 1 atom stereocenters. The predicted octanol–water partition coefficient (Wildman–Crippen LogP) is 1.43. The smallest absolute Gasteiger partial charge is 0.224 e. The lowest BCUT2D eigenvalue weighted by atomic mass is 10.1. The summed E-state index contributed by atoms with van der Waals surface area (Å²) < 4.78 is 5.11. The molecule has 0 aliphatic heterocycles. The molecule has 0 aromatic carbocycles. The number of hydrogen-bond acceptors (Lipinski definition) is 5. The minimum atomic E-state index is 0.138. The number of nitrogens with zero attached hydrogens (tertiary/aromatic N) is 3. The van der Waals surface area contributed by atoms with Gasteiger partial charge in [0.25, 0.3) is 0 Å². The number of ether oxygens (including phenoxy) is 1. The van der Waals surface area contributed by atoms with Crippen LogP contribution in [0.25, 0.3) is 0 Å². The summed E-state index contributed by atoms with van der Waals surface area (Å²) in [6.45, 7) is 4.76. The molecule has 1 heterocycles. The van der Waals surface area contributed by atoms with Crippen molar-refractivity contribution in [3.8, 4) is 6.07 Å². The van der Waals surface area contributed by atoms with Crippen LogP contribution in [-0.2, 0) is 4.74 Å². The van der Waals surface area contributed by atoms with E-state index in [-0.39, 0.29) is 6.04 Å². The van der Waals surface area contributed by atoms with Crippen molar-refractivity contribution in [2.24, 2.45) is 5.92 Å². The van der Waals surface area contributed by atoms with Crippen molar-refractivity contribution in [1.29, 1.82) is 5.26 Å². The summed E-state index contributed by atoms with van der Waals surface area (Å²) in [4.78, 5) is 8.12. The van der Waals surface area contributed by atoms with Crippen molar-refractivity contribution < 1.29 is 4.74 Å². The van der Waals surface area contributed by atoms with Crippen LogP contribution in [0, 0.1) is 17.2 Å². The molecular weight excluding hydrogens is 204 g/mol. The molecule has 86 valence electrons. The first-order chi connectivity index (χ1) is 7.67. The third kappa shape index (κ3) is 3.48. The van der Waals surface area contributed by atoms with E-state index in [2.05, 4.69) is 29.1 Å². The Morgan fingerprint density at radius 3 is 2.88 bits per heavy atom. The minimum Gasteiger partial charge on any atom is -0.383 e. The fourth-order valence-electron chi connectivity index (χ4n) is 1.24. The maximum absolute atomic E-state index is 8.72. The quantitative estimate of drug-likeness (QED) is 0.812. The first-order valence-corrected chi connectivity index (χ1v) is 5.16. The zero-order valence-corrected chi connectivity index (χ0v) is 9.77. The molecule has 1 aromatic rings. The predicted molar refractivity (Wildman–Crippen MR) is 60.9 cm³/mol. The Hall–Kier alpha value is -1.67. The summed E-state index contributed by atoms with van der Waals surface area (Å²) in [6.07, 6.45) is 1.57. The summed E-state index contributed by atoms with van der Waals surface area (Å²) in [5, 5.41) is 11.9. The average molecular weight is 220 g/mol. The van der Waals surface area contributed by atoms with E-state index in [1.165, 1.54) is 0 Å². The molecule has 1 rings (SSSR count). The van der Waals surface area contributed by atoms with Crippen molar-refractivity contribution >= 4 is 5.95 Å². The fraction of sp³-hybridized carbons (Fsp3) is 0.545. The highest BCUT2D eigenvalue weighted by Crippen LogP contribution is 2.08. The lowest BCUT2D eigenvalue weighted by Gasteiger charge is -2.21. The Bertz CT molecular complexity index is 372. The van der Waals surface area contributed by atoms with Crippen molar-refractivity contribution in [2.45, 2.75) is 19.9 Å². The van der Waals surface area contributed by atoms with E-state index in [9.17, 15) is 0 Å². The van der Waals surface area contributed by atoms with Crippen LogP contribution in [-0.4, -0.2) is 29.7 Å². The van der Waals surface area contributed by atoms with Gasteiger partial charge in [0.2, 0.25) is 5.95 Å². The highest BCUT2D eigenvalue weighted by Gasteiger charge is 2.14. The lowest BCUT2D eigenvalue weighted by molar-refractivity contribution is 0.171. The third-order valence-electron chi connectivity index (χ3n) is 2.24. The Morgan fingerprint density at radius 1 is 1.56 bits per heavy atom. The van der Waals surface area contributed by atoms with Gasteiger partial charge in [0, 0.05) is 13.3 Å².